The number of esters is 2. The topological polar surface area (TPSA) is 107 Å². The molecule has 0 heterocycles. The Morgan fingerprint density at radius 1 is 0.923 bits per heavy atom. The molecule has 0 aliphatic heterocycles. The molecule has 0 aromatic heterocycles. The van der Waals surface area contributed by atoms with E-state index in [-0.39, 0.29) is 66.9 Å². The Morgan fingerprint density at radius 3 is 1.77 bits per heavy atom. The van der Waals surface area contributed by atoms with Crippen LogP contribution in [0.3, 0.4) is 0 Å². The molecule has 0 aromatic carbocycles. The molecule has 0 aliphatic carbocycles. The third-order valence-corrected chi connectivity index (χ3v) is 5.05. The monoisotopic (exact) mass is 404 g/mol. The summed E-state index contributed by atoms with van der Waals surface area (Å²) in [5, 5.41) is 0. The van der Waals surface area contributed by atoms with Gasteiger partial charge in [-0.3, -0.25) is 14.1 Å². The molecule has 0 spiro atoms. The molecule has 0 aliphatic rings. The molecule has 1 N–H and O–H groups in total. The van der Waals surface area contributed by atoms with E-state index in [1.165, 1.54) is 0 Å². The van der Waals surface area contributed by atoms with E-state index >= 15 is 0 Å². The van der Waals surface area contributed by atoms with Crippen molar-refractivity contribution in [2.75, 3.05) is 13.2 Å². The van der Waals surface area contributed by atoms with Crippen molar-refractivity contribution in [3.63, 3.8) is 0 Å². The zero-order valence-corrected chi connectivity index (χ0v) is 16.9. The zero-order valence-electron chi connectivity index (χ0n) is 16.1. The molecule has 0 saturated carbocycles. The third kappa shape index (κ3) is 9.69. The molecule has 0 rings (SSSR count). The first-order chi connectivity index (χ1) is 11.3. The molecule has 9 heteroatoms. The van der Waals surface area contributed by atoms with Gasteiger partial charge in [0.05, 0.1) is 19.6 Å². The van der Waals surface area contributed by atoms with Gasteiger partial charge < -0.3 is 9.47 Å². The van der Waals surface area contributed by atoms with E-state index in [1.54, 1.807) is 13.8 Å². The molecule has 0 radical (unpaired) electrons. The van der Waals surface area contributed by atoms with Crippen LogP contribution in [0.1, 0.15) is 60.8 Å². The van der Waals surface area contributed by atoms with Crippen LogP contribution in [-0.4, -0.2) is 72.4 Å². The van der Waals surface area contributed by atoms with Crippen molar-refractivity contribution >= 4 is 51.6 Å². The van der Waals surface area contributed by atoms with E-state index in [1.807, 2.05) is 27.7 Å². The molecule has 26 heavy (non-hydrogen) atoms. The average molecular weight is 405 g/mol. The van der Waals surface area contributed by atoms with Crippen LogP contribution < -0.4 is 0 Å². The van der Waals surface area contributed by atoms with Gasteiger partial charge in [0.2, 0.25) is 4.75 Å². The first kappa shape index (κ1) is 28.1. The number of ether oxygens (including phenoxy) is 2. The van der Waals surface area contributed by atoms with Crippen molar-refractivity contribution in [3.05, 3.63) is 0 Å². The Morgan fingerprint density at radius 2 is 1.38 bits per heavy atom. The van der Waals surface area contributed by atoms with Gasteiger partial charge in [0.1, 0.15) is 0 Å². The Hall–Kier alpha value is -0.150. The van der Waals surface area contributed by atoms with Gasteiger partial charge in [-0.2, -0.15) is 8.42 Å². The van der Waals surface area contributed by atoms with Gasteiger partial charge in [0, 0.05) is 0 Å². The zero-order chi connectivity index (χ0) is 19.8. The van der Waals surface area contributed by atoms with Gasteiger partial charge in [-0.05, 0) is 30.6 Å². The molecular formula is C17H33NaO7S. The summed E-state index contributed by atoms with van der Waals surface area (Å²) in [6, 6.07) is 0. The minimum absolute atomic E-state index is 0. The molecule has 1 unspecified atom stereocenters. The van der Waals surface area contributed by atoms with Gasteiger partial charge in [0.15, 0.2) is 0 Å². The molecule has 0 aromatic rings. The number of carbonyl (C=O) groups is 2. The van der Waals surface area contributed by atoms with Gasteiger partial charge in [-0.25, -0.2) is 0 Å². The summed E-state index contributed by atoms with van der Waals surface area (Å²) in [5.74, 6) is -1.83. The maximum atomic E-state index is 12.5. The fraction of sp³-hybridized carbons (Fsp3) is 0.882. The van der Waals surface area contributed by atoms with Crippen LogP contribution in [0.4, 0.5) is 0 Å². The Labute approximate surface area is 179 Å². The van der Waals surface area contributed by atoms with Crippen LogP contribution in [0.25, 0.3) is 0 Å². The predicted molar refractivity (Wildman–Crippen MR) is 102 cm³/mol. The number of carbonyl (C=O) groups excluding carboxylic acids is 2. The maximum absolute atomic E-state index is 12.5. The van der Waals surface area contributed by atoms with E-state index in [9.17, 15) is 22.6 Å². The SMILES string of the molecule is CC(C)CCC(CC(=O)OCC(C)C)(C(=O)OCC(C)C)S(=O)(=O)O.[NaH]. The van der Waals surface area contributed by atoms with Crippen LogP contribution in [0.5, 0.6) is 0 Å². The van der Waals surface area contributed by atoms with Gasteiger partial charge in [-0.1, -0.05) is 41.5 Å². The van der Waals surface area contributed by atoms with Crippen LogP contribution in [0, 0.1) is 17.8 Å². The normalized spacial score (nSPS) is 14.1. The quantitative estimate of drug-likeness (QED) is 0.319. The molecular weight excluding hydrogens is 371 g/mol. The summed E-state index contributed by atoms with van der Waals surface area (Å²) in [4.78, 5) is 24.6. The van der Waals surface area contributed by atoms with E-state index in [0.29, 0.717) is 6.42 Å². The number of rotatable bonds is 11. The van der Waals surface area contributed by atoms with Crippen LogP contribution in [-0.2, 0) is 29.2 Å². The summed E-state index contributed by atoms with van der Waals surface area (Å²) < 4.78 is 41.7. The molecule has 7 nitrogen and oxygen atoms in total. The summed E-state index contributed by atoms with van der Waals surface area (Å²) >= 11 is 0. The molecule has 0 fully saturated rings. The standard InChI is InChI=1S/C17H32O7S.Na.H/c1-12(2)7-8-17(25(20,21)22,16(19)24-11-14(5)6)9-15(18)23-10-13(3)4;;/h12-14H,7-11H2,1-6H3,(H,20,21,22);;. The predicted octanol–water partition coefficient (Wildman–Crippen LogP) is 2.19. The second-order valence-electron chi connectivity index (χ2n) is 7.65. The summed E-state index contributed by atoms with van der Waals surface area (Å²) in [6.45, 7) is 11.1. The second-order valence-corrected chi connectivity index (χ2v) is 9.38. The number of hydrogen-bond acceptors (Lipinski definition) is 6. The Bertz CT molecular complexity index is 543. The first-order valence-electron chi connectivity index (χ1n) is 8.61. The van der Waals surface area contributed by atoms with Crippen LogP contribution >= 0.6 is 0 Å². The van der Waals surface area contributed by atoms with Gasteiger partial charge in [-0.15, -0.1) is 0 Å². The third-order valence-electron chi connectivity index (χ3n) is 3.55. The summed E-state index contributed by atoms with van der Waals surface area (Å²) in [6.07, 6.45) is -0.645. The molecule has 0 amide bonds. The van der Waals surface area contributed by atoms with Crippen molar-refractivity contribution in [1.29, 1.82) is 0 Å². The molecule has 0 bridgehead atoms. The Balaban J connectivity index is 0. The Kier molecular flexibility index (Phi) is 13.3. The van der Waals surface area contributed by atoms with E-state index in [2.05, 4.69) is 0 Å². The van der Waals surface area contributed by atoms with Crippen molar-refractivity contribution in [3.8, 4) is 0 Å². The van der Waals surface area contributed by atoms with Gasteiger partial charge in [0.25, 0.3) is 10.1 Å². The number of hydrogen-bond donors (Lipinski definition) is 1. The first-order valence-corrected chi connectivity index (χ1v) is 10.1. The summed E-state index contributed by atoms with van der Waals surface area (Å²) in [7, 11) is -4.88. The van der Waals surface area contributed by atoms with Crippen LogP contribution in [0.15, 0.2) is 0 Å². The van der Waals surface area contributed by atoms with E-state index in [0.717, 1.165) is 0 Å². The van der Waals surface area contributed by atoms with E-state index in [4.69, 9.17) is 9.47 Å². The van der Waals surface area contributed by atoms with Crippen molar-refractivity contribution in [2.24, 2.45) is 17.8 Å². The van der Waals surface area contributed by atoms with E-state index < -0.39 is 33.2 Å². The average Bonchev–Trinajstić information content (AvgIpc) is 2.45. The second kappa shape index (κ2) is 12.3. The van der Waals surface area contributed by atoms with Gasteiger partial charge >= 0.3 is 41.5 Å². The van der Waals surface area contributed by atoms with Crippen molar-refractivity contribution in [2.45, 2.75) is 65.6 Å². The van der Waals surface area contributed by atoms with Crippen molar-refractivity contribution < 1.29 is 32.0 Å². The fourth-order valence-corrected chi connectivity index (χ4v) is 2.97. The summed E-state index contributed by atoms with van der Waals surface area (Å²) in [5.41, 5.74) is 0. The molecule has 150 valence electrons. The molecule has 0 saturated heterocycles. The van der Waals surface area contributed by atoms with Crippen molar-refractivity contribution in [1.82, 2.24) is 0 Å². The fourth-order valence-electron chi connectivity index (χ4n) is 2.03. The minimum atomic E-state index is -4.88. The molecule has 1 atom stereocenters. The van der Waals surface area contributed by atoms with Crippen LogP contribution in [0.2, 0.25) is 0 Å².